The Morgan fingerprint density at radius 3 is 1.31 bits per heavy atom. The Morgan fingerprint density at radius 2 is 1.06 bits per heavy atom. The maximum atomic E-state index is 2.49. The molecule has 90 valence electrons. The third-order valence-electron chi connectivity index (χ3n) is 4.48. The molecule has 0 amide bonds. The summed E-state index contributed by atoms with van der Waals surface area (Å²) in [4.78, 5) is 0. The quantitative estimate of drug-likeness (QED) is 0.442. The summed E-state index contributed by atoms with van der Waals surface area (Å²) >= 11 is 0. The van der Waals surface area contributed by atoms with E-state index >= 15 is 0 Å². The van der Waals surface area contributed by atoms with E-state index in [1.807, 2.05) is 0 Å². The highest BCUT2D eigenvalue weighted by Gasteiger charge is 2.91. The number of fused-ring (bicyclic) bond motifs is 1. The van der Waals surface area contributed by atoms with Crippen molar-refractivity contribution < 1.29 is 0 Å². The van der Waals surface area contributed by atoms with Crippen LogP contribution in [-0.2, 0) is 10.9 Å². The Balaban J connectivity index is 2.58. The molecule has 0 radical (unpaired) electrons. The lowest BCUT2D eigenvalue weighted by molar-refractivity contribution is 0.245. The van der Waals surface area contributed by atoms with E-state index in [9.17, 15) is 0 Å². The fraction of sp³-hybridized carbons (Fsp3) is 0.733. The van der Waals surface area contributed by atoms with Gasteiger partial charge in [-0.1, -0.05) is 53.7 Å². The Labute approximate surface area is 104 Å². The van der Waals surface area contributed by atoms with E-state index < -0.39 is 0 Å². The predicted molar refractivity (Wildman–Crippen MR) is 75.9 cm³/mol. The second-order valence-corrected chi connectivity index (χ2v) is 9.51. The lowest BCUT2D eigenvalue weighted by atomic mass is 9.63. The molecule has 0 aromatic rings. The average molecular weight is 237 g/mol. The van der Waals surface area contributed by atoms with Crippen molar-refractivity contribution >= 4 is 10.9 Å². The van der Waals surface area contributed by atoms with Gasteiger partial charge in [0.15, 0.2) is 0 Å². The molecule has 16 heavy (non-hydrogen) atoms. The van der Waals surface area contributed by atoms with Crippen LogP contribution in [-0.4, -0.2) is 15.7 Å². The number of allylic oxidation sites excluding steroid dienone is 2. The van der Waals surface area contributed by atoms with Crippen LogP contribution < -0.4 is 0 Å². The first-order chi connectivity index (χ1) is 7.11. The van der Waals surface area contributed by atoms with Crippen LogP contribution in [0, 0.1) is 10.8 Å². The van der Waals surface area contributed by atoms with Crippen molar-refractivity contribution in [1.29, 1.82) is 0 Å². The van der Waals surface area contributed by atoms with E-state index in [4.69, 9.17) is 0 Å². The van der Waals surface area contributed by atoms with Gasteiger partial charge < -0.3 is 0 Å². The van der Waals surface area contributed by atoms with Gasteiger partial charge in [-0.3, -0.25) is 0 Å². The van der Waals surface area contributed by atoms with Crippen LogP contribution in [0.4, 0.5) is 0 Å². The molecule has 1 aliphatic carbocycles. The van der Waals surface area contributed by atoms with Gasteiger partial charge in [-0.05, 0) is 12.2 Å². The molecule has 0 spiro atoms. The van der Waals surface area contributed by atoms with E-state index in [-0.39, 0.29) is 0 Å². The van der Waals surface area contributed by atoms with Crippen LogP contribution in [0.1, 0.15) is 41.5 Å². The van der Waals surface area contributed by atoms with Crippen molar-refractivity contribution in [3.05, 3.63) is 24.3 Å². The van der Waals surface area contributed by atoms with Gasteiger partial charge in [0.25, 0.3) is 0 Å². The average Bonchev–Trinajstić information content (AvgIpc) is 2.69. The van der Waals surface area contributed by atoms with Crippen LogP contribution in [0.3, 0.4) is 0 Å². The van der Waals surface area contributed by atoms with Gasteiger partial charge in [0.2, 0.25) is 9.49 Å². The van der Waals surface area contributed by atoms with E-state index in [0.717, 1.165) is 0 Å². The molecule has 2 rings (SSSR count). The highest BCUT2D eigenvalue weighted by Crippen LogP contribution is 2.73. The summed E-state index contributed by atoms with van der Waals surface area (Å²) in [5.41, 5.74) is 0.693. The molecule has 1 fully saturated rings. The maximum absolute atomic E-state index is 2.49. The molecule has 1 saturated heterocycles. The largest absolute Gasteiger partial charge is 0.205 e. The second-order valence-electron chi connectivity index (χ2n) is 7.20. The molecule has 1 heterocycles. The predicted octanol–water partition coefficient (Wildman–Crippen LogP) is 3.94. The first kappa shape index (κ1) is 12.3. The summed E-state index contributed by atoms with van der Waals surface area (Å²) in [6.45, 7) is 14.4. The van der Waals surface area contributed by atoms with E-state index in [0.29, 0.717) is 31.2 Å². The van der Waals surface area contributed by atoms with Crippen molar-refractivity contribution in [3.8, 4) is 0 Å². The van der Waals surface area contributed by atoms with Gasteiger partial charge in [-0.15, -0.1) is 0 Å². The van der Waals surface area contributed by atoms with E-state index in [1.54, 1.807) is 0 Å². The first-order valence-corrected chi connectivity index (χ1v) is 7.78. The summed E-state index contributed by atoms with van der Waals surface area (Å²) in [6.07, 6.45) is 11.9. The minimum atomic E-state index is 0.347. The van der Waals surface area contributed by atoms with Crippen LogP contribution in [0.15, 0.2) is 24.3 Å². The van der Waals surface area contributed by atoms with Gasteiger partial charge in [-0.2, -0.15) is 0 Å². The van der Waals surface area contributed by atoms with Gasteiger partial charge in [0, 0.05) is 21.7 Å². The number of hydrogen-bond donors (Lipinski definition) is 0. The van der Waals surface area contributed by atoms with Crippen molar-refractivity contribution in [3.63, 3.8) is 0 Å². The highest BCUT2D eigenvalue weighted by molar-refractivity contribution is 8.07. The molecule has 0 N–H and O–H groups in total. The molecule has 2 aliphatic rings. The molecule has 0 bridgehead atoms. The van der Waals surface area contributed by atoms with Gasteiger partial charge in [-0.25, -0.2) is 0 Å². The van der Waals surface area contributed by atoms with E-state index in [1.165, 1.54) is 0 Å². The lowest BCUT2D eigenvalue weighted by Crippen LogP contribution is -2.43. The fourth-order valence-electron chi connectivity index (χ4n) is 3.86. The summed E-state index contributed by atoms with van der Waals surface area (Å²) in [5, 5.41) is 0. The summed E-state index contributed by atoms with van der Waals surface area (Å²) in [5.74, 6) is 0. The lowest BCUT2D eigenvalue weighted by Gasteiger charge is -2.31. The second kappa shape index (κ2) is 2.98. The topological polar surface area (TPSA) is 0 Å². The normalized spacial score (nSPS) is 42.1. The monoisotopic (exact) mass is 237 g/mol. The molecule has 0 saturated carbocycles. The highest BCUT2D eigenvalue weighted by atomic mass is 32.2. The zero-order chi connectivity index (χ0) is 12.4. The minimum Gasteiger partial charge on any atom is -0.0609 e. The SMILES string of the molecule is C[S+]1C2(C(C)(C)C)C=CC=CC12C(C)(C)C. The molecule has 1 heteroatoms. The Kier molecular flexibility index (Phi) is 2.29. The molecular formula is C15H25S+. The van der Waals surface area contributed by atoms with Gasteiger partial charge in [0.1, 0.15) is 0 Å². The standard InChI is InChI=1S/C15H25S/c1-12(2,3)14-10-8-9-11-15(14,16(14)7)13(4,5)6/h8-11H,1-7H3/q+1. The third-order valence-corrected chi connectivity index (χ3v) is 8.35. The van der Waals surface area contributed by atoms with E-state index in [2.05, 4.69) is 72.1 Å². The molecule has 1 aliphatic heterocycles. The number of hydrogen-bond acceptors (Lipinski definition) is 0. The maximum Gasteiger partial charge on any atom is 0.205 e. The minimum absolute atomic E-state index is 0.347. The Morgan fingerprint density at radius 1 is 0.750 bits per heavy atom. The zero-order valence-corrected chi connectivity index (χ0v) is 12.5. The van der Waals surface area contributed by atoms with Crippen molar-refractivity contribution in [2.24, 2.45) is 10.8 Å². The molecule has 0 nitrogen and oxygen atoms in total. The van der Waals surface area contributed by atoms with Crippen LogP contribution in [0.2, 0.25) is 0 Å². The van der Waals surface area contributed by atoms with Crippen LogP contribution in [0.25, 0.3) is 0 Å². The van der Waals surface area contributed by atoms with Crippen LogP contribution in [0.5, 0.6) is 0 Å². The van der Waals surface area contributed by atoms with Gasteiger partial charge >= 0.3 is 0 Å². The molecule has 2 unspecified atom stereocenters. The summed E-state index contributed by atoms with van der Waals surface area (Å²) < 4.78 is 0.764. The molecule has 2 atom stereocenters. The fourth-order valence-corrected chi connectivity index (χ4v) is 8.24. The molecule has 0 aromatic heterocycles. The third kappa shape index (κ3) is 1.08. The molecule has 0 aromatic carbocycles. The van der Waals surface area contributed by atoms with Crippen molar-refractivity contribution in [2.45, 2.75) is 51.0 Å². The summed E-state index contributed by atoms with van der Waals surface area (Å²) in [7, 11) is 0.446. The summed E-state index contributed by atoms with van der Waals surface area (Å²) in [6, 6.07) is 0. The Bertz CT molecular complexity index is 328. The first-order valence-electron chi connectivity index (χ1n) is 6.14. The van der Waals surface area contributed by atoms with Crippen LogP contribution >= 0.6 is 0 Å². The molecular weight excluding hydrogens is 212 g/mol. The zero-order valence-electron chi connectivity index (χ0n) is 11.7. The Hall–Kier alpha value is -0.170. The number of rotatable bonds is 0. The smallest absolute Gasteiger partial charge is 0.0609 e. The van der Waals surface area contributed by atoms with Crippen molar-refractivity contribution in [1.82, 2.24) is 0 Å². The van der Waals surface area contributed by atoms with Crippen molar-refractivity contribution in [2.75, 3.05) is 6.26 Å². The van der Waals surface area contributed by atoms with Gasteiger partial charge in [0.05, 0.1) is 6.26 Å².